The van der Waals surface area contributed by atoms with Crippen LogP contribution < -0.4 is 4.74 Å². The molecule has 1 aliphatic heterocycles. The van der Waals surface area contributed by atoms with Gasteiger partial charge in [-0.15, -0.1) is 0 Å². The minimum atomic E-state index is -3.93. The van der Waals surface area contributed by atoms with Crippen LogP contribution in [-0.2, 0) is 26.0 Å². The molecule has 1 heterocycles. The normalized spacial score (nSPS) is 15.7. The zero-order valence-corrected chi connectivity index (χ0v) is 21.3. The quantitative estimate of drug-likeness (QED) is 0.292. The fourth-order valence-corrected chi connectivity index (χ4v) is 6.11. The fraction of sp³-hybridized carbons (Fsp3) is 0.259. The van der Waals surface area contributed by atoms with Crippen LogP contribution >= 0.6 is 11.6 Å². The van der Waals surface area contributed by atoms with Crippen LogP contribution in [-0.4, -0.2) is 44.2 Å². The third kappa shape index (κ3) is 5.61. The van der Waals surface area contributed by atoms with Crippen LogP contribution in [0.3, 0.4) is 0 Å². The van der Waals surface area contributed by atoms with E-state index in [1.807, 2.05) is 31.2 Å². The molecule has 9 heteroatoms. The van der Waals surface area contributed by atoms with Gasteiger partial charge in [-0.3, -0.25) is 9.59 Å². The van der Waals surface area contributed by atoms with Gasteiger partial charge in [0.15, 0.2) is 6.61 Å². The van der Waals surface area contributed by atoms with E-state index in [0.717, 1.165) is 11.1 Å². The lowest BCUT2D eigenvalue weighted by atomic mass is 9.92. The van der Waals surface area contributed by atoms with E-state index in [0.29, 0.717) is 18.8 Å². The van der Waals surface area contributed by atoms with E-state index in [1.165, 1.54) is 16.4 Å². The highest BCUT2D eigenvalue weighted by atomic mass is 35.5. The zero-order chi connectivity index (χ0) is 25.7. The monoisotopic (exact) mass is 527 g/mol. The topological polar surface area (TPSA) is 90.0 Å². The van der Waals surface area contributed by atoms with Crippen LogP contribution in [0, 0.1) is 0 Å². The zero-order valence-electron chi connectivity index (χ0n) is 19.7. The minimum absolute atomic E-state index is 0.109. The molecule has 0 saturated carbocycles. The molecule has 3 aromatic rings. The van der Waals surface area contributed by atoms with Crippen molar-refractivity contribution in [1.82, 2.24) is 4.31 Å². The van der Waals surface area contributed by atoms with Gasteiger partial charge >= 0.3 is 5.97 Å². The molecule has 0 unspecified atom stereocenters. The Morgan fingerprint density at radius 2 is 1.69 bits per heavy atom. The number of sulfonamides is 1. The molecule has 7 nitrogen and oxygen atoms in total. The first-order valence-electron chi connectivity index (χ1n) is 11.6. The molecule has 0 bridgehead atoms. The van der Waals surface area contributed by atoms with Crippen molar-refractivity contribution in [3.63, 3.8) is 0 Å². The van der Waals surface area contributed by atoms with Gasteiger partial charge in [0.25, 0.3) is 0 Å². The van der Waals surface area contributed by atoms with Crippen molar-refractivity contribution in [2.45, 2.75) is 30.7 Å². The molecule has 0 amide bonds. The summed E-state index contributed by atoms with van der Waals surface area (Å²) in [4.78, 5) is 25.4. The van der Waals surface area contributed by atoms with Crippen LogP contribution in [0.25, 0.3) is 0 Å². The van der Waals surface area contributed by atoms with E-state index in [4.69, 9.17) is 21.1 Å². The number of esters is 1. The molecule has 0 spiro atoms. The van der Waals surface area contributed by atoms with Gasteiger partial charge in [0, 0.05) is 12.1 Å². The molecule has 0 radical (unpaired) electrons. The Kier molecular flexibility index (Phi) is 8.08. The Hall–Kier alpha value is -3.20. The number of benzene rings is 3. The Bertz CT molecular complexity index is 1360. The summed E-state index contributed by atoms with van der Waals surface area (Å²) in [6.07, 6.45) is 0.284. The Balaban J connectivity index is 1.55. The molecule has 0 aliphatic carbocycles. The van der Waals surface area contributed by atoms with Crippen molar-refractivity contribution >= 4 is 33.4 Å². The second-order valence-corrected chi connectivity index (χ2v) is 10.6. The second-order valence-electron chi connectivity index (χ2n) is 8.25. The average Bonchev–Trinajstić information content (AvgIpc) is 2.88. The first-order chi connectivity index (χ1) is 17.3. The van der Waals surface area contributed by atoms with Crippen LogP contribution in [0.5, 0.6) is 5.75 Å². The molecular formula is C27H26ClNO6S. The number of nitrogens with zero attached hydrogens (tertiary/aromatic N) is 1. The predicted molar refractivity (Wildman–Crippen MR) is 136 cm³/mol. The summed E-state index contributed by atoms with van der Waals surface area (Å²) in [7, 11) is -3.93. The number of carbonyl (C=O) groups is 2. The Morgan fingerprint density at radius 1 is 1.00 bits per heavy atom. The number of hydrogen-bond donors (Lipinski definition) is 0. The maximum absolute atomic E-state index is 13.6. The number of rotatable bonds is 9. The van der Waals surface area contributed by atoms with E-state index in [1.54, 1.807) is 36.4 Å². The number of carbonyl (C=O) groups excluding carboxylic acids is 2. The van der Waals surface area contributed by atoms with E-state index in [-0.39, 0.29) is 28.4 Å². The summed E-state index contributed by atoms with van der Waals surface area (Å²) in [6.45, 7) is 2.05. The molecule has 0 saturated heterocycles. The molecule has 188 valence electrons. The van der Waals surface area contributed by atoms with Crippen LogP contribution in [0.1, 0.15) is 40.9 Å². The van der Waals surface area contributed by atoms with E-state index < -0.39 is 34.4 Å². The maximum Gasteiger partial charge on any atom is 0.308 e. The van der Waals surface area contributed by atoms with Crippen LogP contribution in [0.4, 0.5) is 0 Å². The summed E-state index contributed by atoms with van der Waals surface area (Å²) in [5.41, 5.74) is 1.97. The lowest BCUT2D eigenvalue weighted by Gasteiger charge is -2.36. The lowest BCUT2D eigenvalue weighted by Crippen LogP contribution is -2.41. The third-order valence-electron chi connectivity index (χ3n) is 6.00. The molecule has 1 atom stereocenters. The van der Waals surface area contributed by atoms with Gasteiger partial charge in [-0.25, -0.2) is 8.42 Å². The molecule has 4 rings (SSSR count). The summed E-state index contributed by atoms with van der Waals surface area (Å²) < 4.78 is 39.2. The van der Waals surface area contributed by atoms with Crippen molar-refractivity contribution in [3.8, 4) is 5.75 Å². The van der Waals surface area contributed by atoms with Gasteiger partial charge in [-0.2, -0.15) is 4.31 Å². The van der Waals surface area contributed by atoms with E-state index in [9.17, 15) is 18.0 Å². The van der Waals surface area contributed by atoms with Crippen molar-refractivity contribution in [2.24, 2.45) is 0 Å². The summed E-state index contributed by atoms with van der Waals surface area (Å²) >= 11 is 6.06. The van der Waals surface area contributed by atoms with E-state index in [2.05, 4.69) is 0 Å². The molecule has 0 fully saturated rings. The number of ether oxygens (including phenoxy) is 2. The van der Waals surface area contributed by atoms with Gasteiger partial charge in [0.2, 0.25) is 15.8 Å². The lowest BCUT2D eigenvalue weighted by molar-refractivity contribution is -0.143. The maximum atomic E-state index is 13.6. The van der Waals surface area contributed by atoms with Crippen molar-refractivity contribution in [2.75, 3.05) is 19.8 Å². The highest BCUT2D eigenvalue weighted by Crippen LogP contribution is 2.37. The highest BCUT2D eigenvalue weighted by Gasteiger charge is 2.38. The standard InChI is InChI=1S/C27H26ClNO6S/c1-2-34-20-11-13-21(14-12-20)36(32,33)29-16-15-19-7-3-4-8-22(19)25(29)17-27(31)35-18-26(30)23-9-5-6-10-24(23)28/h3-14,25H,2,15-18H2,1H3/t25-/m0/s1. The predicted octanol–water partition coefficient (Wildman–Crippen LogP) is 4.84. The number of fused-ring (bicyclic) bond motifs is 1. The summed E-state index contributed by atoms with van der Waals surface area (Å²) in [5, 5.41) is 0.271. The largest absolute Gasteiger partial charge is 0.494 e. The number of ketones is 1. The first kappa shape index (κ1) is 25.9. The summed E-state index contributed by atoms with van der Waals surface area (Å²) in [6, 6.07) is 19.4. The van der Waals surface area contributed by atoms with Crippen molar-refractivity contribution in [3.05, 3.63) is 94.5 Å². The van der Waals surface area contributed by atoms with Crippen molar-refractivity contribution in [1.29, 1.82) is 0 Å². The van der Waals surface area contributed by atoms with Gasteiger partial charge in [-0.1, -0.05) is 48.0 Å². The van der Waals surface area contributed by atoms with Crippen LogP contribution in [0.2, 0.25) is 5.02 Å². The van der Waals surface area contributed by atoms with Crippen LogP contribution in [0.15, 0.2) is 77.7 Å². The average molecular weight is 528 g/mol. The fourth-order valence-electron chi connectivity index (χ4n) is 4.27. The number of halogens is 1. The summed E-state index contributed by atoms with van der Waals surface area (Å²) in [5.74, 6) is -0.537. The SMILES string of the molecule is CCOc1ccc(S(=O)(=O)N2CCc3ccccc3[C@@H]2CC(=O)OCC(=O)c2ccccc2Cl)cc1. The molecule has 1 aliphatic rings. The van der Waals surface area contributed by atoms with Crippen molar-refractivity contribution < 1.29 is 27.5 Å². The Morgan fingerprint density at radius 3 is 2.42 bits per heavy atom. The molecule has 0 N–H and O–H groups in total. The van der Waals surface area contributed by atoms with Gasteiger partial charge < -0.3 is 9.47 Å². The first-order valence-corrected chi connectivity index (χ1v) is 13.4. The van der Waals surface area contributed by atoms with Gasteiger partial charge in [-0.05, 0) is 60.9 Å². The molecule has 3 aromatic carbocycles. The smallest absolute Gasteiger partial charge is 0.308 e. The van der Waals surface area contributed by atoms with Gasteiger partial charge in [0.1, 0.15) is 5.75 Å². The Labute approximate surface area is 215 Å². The molecule has 0 aromatic heterocycles. The minimum Gasteiger partial charge on any atom is -0.494 e. The highest BCUT2D eigenvalue weighted by molar-refractivity contribution is 7.89. The molecule has 36 heavy (non-hydrogen) atoms. The third-order valence-corrected chi connectivity index (χ3v) is 8.26. The van der Waals surface area contributed by atoms with Gasteiger partial charge in [0.05, 0.1) is 29.0 Å². The number of Topliss-reactive ketones (excluding diaryl/α,β-unsaturated/α-hetero) is 1. The number of hydrogen-bond acceptors (Lipinski definition) is 6. The molecular weight excluding hydrogens is 502 g/mol. The second kappa shape index (κ2) is 11.2. The van der Waals surface area contributed by atoms with E-state index >= 15 is 0 Å².